The van der Waals surface area contributed by atoms with Crippen molar-refractivity contribution < 1.29 is 30.8 Å². The molecule has 0 bridgehead atoms. The van der Waals surface area contributed by atoms with Crippen LogP contribution >= 0.6 is 0 Å². The molecule has 2 aromatic rings. The Morgan fingerprint density at radius 2 is 1.54 bits per heavy atom. The van der Waals surface area contributed by atoms with E-state index in [0.717, 1.165) is 48.5 Å². The average molecular weight is 390 g/mol. The number of halogens is 4. The summed E-state index contributed by atoms with van der Waals surface area (Å²) in [5, 5.41) is 2.31. The van der Waals surface area contributed by atoms with Crippen LogP contribution in [0.2, 0.25) is 0 Å². The molecule has 2 N–H and O–H groups in total. The summed E-state index contributed by atoms with van der Waals surface area (Å²) < 4.78 is 76.7. The van der Waals surface area contributed by atoms with Crippen LogP contribution in [0.15, 0.2) is 53.4 Å². The van der Waals surface area contributed by atoms with Gasteiger partial charge in [0.2, 0.25) is 15.9 Å². The van der Waals surface area contributed by atoms with Crippen LogP contribution in [-0.2, 0) is 21.0 Å². The molecule has 0 aliphatic rings. The van der Waals surface area contributed by atoms with Gasteiger partial charge in [0.05, 0.1) is 16.5 Å². The standard InChI is InChI=1S/C16H14F4N2O3S/c1-10(22-26(24,25)14-8-4-12(17)5-9-14)15(23)21-13-6-2-11(3-7-13)16(18,19)20/h2-10,22H,1H3,(H,21,23)/t10-/m1/s1. The SMILES string of the molecule is C[C@@H](NS(=O)(=O)c1ccc(F)cc1)C(=O)Nc1ccc(C(F)(F)F)cc1. The largest absolute Gasteiger partial charge is 0.416 e. The summed E-state index contributed by atoms with van der Waals surface area (Å²) in [6.07, 6.45) is -4.50. The van der Waals surface area contributed by atoms with Gasteiger partial charge in [-0.05, 0) is 55.5 Å². The molecule has 140 valence electrons. The zero-order chi connectivity index (χ0) is 19.5. The highest BCUT2D eigenvalue weighted by Gasteiger charge is 2.30. The Morgan fingerprint density at radius 1 is 1.00 bits per heavy atom. The van der Waals surface area contributed by atoms with Gasteiger partial charge >= 0.3 is 6.18 Å². The zero-order valence-corrected chi connectivity index (χ0v) is 14.2. The van der Waals surface area contributed by atoms with Crippen LogP contribution in [0.5, 0.6) is 0 Å². The van der Waals surface area contributed by atoms with Gasteiger partial charge in [-0.25, -0.2) is 12.8 Å². The lowest BCUT2D eigenvalue weighted by atomic mass is 10.2. The molecule has 2 rings (SSSR count). The molecule has 0 saturated carbocycles. The van der Waals surface area contributed by atoms with Crippen LogP contribution in [-0.4, -0.2) is 20.4 Å². The van der Waals surface area contributed by atoms with Crippen molar-refractivity contribution in [2.24, 2.45) is 0 Å². The maximum absolute atomic E-state index is 12.9. The van der Waals surface area contributed by atoms with Gasteiger partial charge in [-0.2, -0.15) is 17.9 Å². The number of amides is 1. The van der Waals surface area contributed by atoms with E-state index in [4.69, 9.17) is 0 Å². The Morgan fingerprint density at radius 3 is 2.04 bits per heavy atom. The number of hydrogen-bond donors (Lipinski definition) is 2. The summed E-state index contributed by atoms with van der Waals surface area (Å²) in [6, 6.07) is 6.49. The summed E-state index contributed by atoms with van der Waals surface area (Å²) in [7, 11) is -4.07. The Hall–Kier alpha value is -2.46. The molecule has 2 aromatic carbocycles. The summed E-state index contributed by atoms with van der Waals surface area (Å²) in [5.41, 5.74) is -0.795. The van der Waals surface area contributed by atoms with Crippen LogP contribution in [0.3, 0.4) is 0 Å². The number of sulfonamides is 1. The number of carbonyl (C=O) groups is 1. The molecule has 5 nitrogen and oxygen atoms in total. The molecule has 0 saturated heterocycles. The van der Waals surface area contributed by atoms with Crippen molar-refractivity contribution in [3.63, 3.8) is 0 Å². The van der Waals surface area contributed by atoms with E-state index in [1.807, 2.05) is 0 Å². The van der Waals surface area contributed by atoms with E-state index in [1.165, 1.54) is 6.92 Å². The highest BCUT2D eigenvalue weighted by atomic mass is 32.2. The fraction of sp³-hybridized carbons (Fsp3) is 0.188. The third kappa shape index (κ3) is 5.02. The molecule has 0 aromatic heterocycles. The molecule has 0 fully saturated rings. The zero-order valence-electron chi connectivity index (χ0n) is 13.3. The number of anilines is 1. The Balaban J connectivity index is 2.04. The summed E-state index contributed by atoms with van der Waals surface area (Å²) in [5.74, 6) is -1.38. The first-order chi connectivity index (χ1) is 12.0. The lowest BCUT2D eigenvalue weighted by molar-refractivity contribution is -0.137. The van der Waals surface area contributed by atoms with Crippen molar-refractivity contribution in [2.75, 3.05) is 5.32 Å². The predicted octanol–water partition coefficient (Wildman–Crippen LogP) is 3.15. The van der Waals surface area contributed by atoms with Gasteiger partial charge in [-0.3, -0.25) is 4.79 Å². The van der Waals surface area contributed by atoms with Crippen molar-refractivity contribution in [2.45, 2.75) is 24.0 Å². The quantitative estimate of drug-likeness (QED) is 0.771. The van der Waals surface area contributed by atoms with E-state index in [0.29, 0.717) is 0 Å². The van der Waals surface area contributed by atoms with Crippen molar-refractivity contribution >= 4 is 21.6 Å². The first kappa shape index (κ1) is 19.9. The first-order valence-electron chi connectivity index (χ1n) is 7.25. The smallest absolute Gasteiger partial charge is 0.325 e. The molecule has 0 unspecified atom stereocenters. The second-order valence-electron chi connectivity index (χ2n) is 5.36. The second-order valence-corrected chi connectivity index (χ2v) is 7.08. The normalized spacial score (nSPS) is 13.3. The van der Waals surface area contributed by atoms with Crippen molar-refractivity contribution in [1.29, 1.82) is 0 Å². The fourth-order valence-electron chi connectivity index (χ4n) is 1.96. The van der Waals surface area contributed by atoms with Gasteiger partial charge in [0.15, 0.2) is 0 Å². The number of alkyl halides is 3. The minimum atomic E-state index is -4.50. The van der Waals surface area contributed by atoms with Crippen LogP contribution in [0.1, 0.15) is 12.5 Å². The molecule has 0 aliphatic carbocycles. The van der Waals surface area contributed by atoms with E-state index in [1.54, 1.807) is 0 Å². The Bertz CT molecular complexity index is 879. The third-order valence-electron chi connectivity index (χ3n) is 3.33. The summed E-state index contributed by atoms with van der Waals surface area (Å²) in [4.78, 5) is 11.8. The van der Waals surface area contributed by atoms with E-state index >= 15 is 0 Å². The first-order valence-corrected chi connectivity index (χ1v) is 8.73. The number of rotatable bonds is 5. The van der Waals surface area contributed by atoms with Crippen LogP contribution in [0.4, 0.5) is 23.2 Å². The predicted molar refractivity (Wildman–Crippen MR) is 86.3 cm³/mol. The number of hydrogen-bond acceptors (Lipinski definition) is 3. The van der Waals surface area contributed by atoms with Gasteiger partial charge in [0.25, 0.3) is 0 Å². The van der Waals surface area contributed by atoms with Gasteiger partial charge < -0.3 is 5.32 Å². The third-order valence-corrected chi connectivity index (χ3v) is 4.89. The second kappa shape index (κ2) is 7.42. The van der Waals surface area contributed by atoms with E-state index in [9.17, 15) is 30.8 Å². The number of benzene rings is 2. The topological polar surface area (TPSA) is 75.3 Å². The maximum Gasteiger partial charge on any atom is 0.416 e. The highest BCUT2D eigenvalue weighted by molar-refractivity contribution is 7.89. The summed E-state index contributed by atoms with van der Waals surface area (Å²) >= 11 is 0. The lowest BCUT2D eigenvalue weighted by Gasteiger charge is -2.15. The Kier molecular flexibility index (Phi) is 5.67. The monoisotopic (exact) mass is 390 g/mol. The van der Waals surface area contributed by atoms with Crippen molar-refractivity contribution in [3.05, 3.63) is 59.9 Å². The number of nitrogens with one attached hydrogen (secondary N) is 2. The fourth-order valence-corrected chi connectivity index (χ4v) is 3.16. The van der Waals surface area contributed by atoms with Gasteiger partial charge in [0, 0.05) is 5.69 Å². The molecule has 0 radical (unpaired) electrons. The number of carbonyl (C=O) groups excluding carboxylic acids is 1. The Labute approximate surface area is 147 Å². The molecule has 26 heavy (non-hydrogen) atoms. The van der Waals surface area contributed by atoms with Crippen LogP contribution in [0, 0.1) is 5.82 Å². The molecule has 0 aliphatic heterocycles. The van der Waals surface area contributed by atoms with Gasteiger partial charge in [-0.15, -0.1) is 0 Å². The minimum absolute atomic E-state index is 0.0795. The molecule has 0 heterocycles. The minimum Gasteiger partial charge on any atom is -0.325 e. The van der Waals surface area contributed by atoms with Crippen LogP contribution < -0.4 is 10.0 Å². The molecular formula is C16H14F4N2O3S. The molecule has 0 spiro atoms. The molecular weight excluding hydrogens is 376 g/mol. The summed E-state index contributed by atoms with van der Waals surface area (Å²) in [6.45, 7) is 1.26. The average Bonchev–Trinajstić information content (AvgIpc) is 2.54. The van der Waals surface area contributed by atoms with E-state index < -0.39 is 39.5 Å². The maximum atomic E-state index is 12.9. The van der Waals surface area contributed by atoms with E-state index in [-0.39, 0.29) is 10.6 Å². The van der Waals surface area contributed by atoms with Gasteiger partial charge in [0.1, 0.15) is 5.82 Å². The lowest BCUT2D eigenvalue weighted by Crippen LogP contribution is -2.41. The van der Waals surface area contributed by atoms with Crippen molar-refractivity contribution in [3.8, 4) is 0 Å². The van der Waals surface area contributed by atoms with Crippen molar-refractivity contribution in [1.82, 2.24) is 4.72 Å². The van der Waals surface area contributed by atoms with Crippen LogP contribution in [0.25, 0.3) is 0 Å². The molecule has 1 amide bonds. The molecule has 1 atom stereocenters. The van der Waals surface area contributed by atoms with Gasteiger partial charge in [-0.1, -0.05) is 0 Å². The van der Waals surface area contributed by atoms with E-state index in [2.05, 4.69) is 10.0 Å². The molecule has 10 heteroatoms. The highest BCUT2D eigenvalue weighted by Crippen LogP contribution is 2.29.